The van der Waals surface area contributed by atoms with Crippen molar-refractivity contribution in [2.45, 2.75) is 6.92 Å². The fourth-order valence-electron chi connectivity index (χ4n) is 0.987. The number of hydrogen-bond acceptors (Lipinski definition) is 5. The molecule has 0 rings (SSSR count). The summed E-state index contributed by atoms with van der Waals surface area (Å²) in [7, 11) is 0. The van der Waals surface area contributed by atoms with Crippen LogP contribution in [0, 0.1) is 0 Å². The van der Waals surface area contributed by atoms with E-state index in [1.807, 2.05) is 6.92 Å². The van der Waals surface area contributed by atoms with Gasteiger partial charge in [0.15, 0.2) is 0 Å². The maximum absolute atomic E-state index is 10.8. The number of rotatable bonds is 7. The van der Waals surface area contributed by atoms with Crippen LogP contribution >= 0.6 is 0 Å². The number of carbonyl (C=O) groups is 2. The smallest absolute Gasteiger partial charge is 0.249 e. The normalized spacial score (nSPS) is 8.84. The Morgan fingerprint density at radius 1 is 1.00 bits per heavy atom. The molecule has 0 atom stereocenters. The average molecular weight is 274 g/mol. The van der Waals surface area contributed by atoms with Crippen LogP contribution in [0.5, 0.6) is 0 Å². The van der Waals surface area contributed by atoms with E-state index in [1.165, 1.54) is 11.0 Å². The zero-order valence-electron chi connectivity index (χ0n) is 11.2. The SMILES string of the molecule is C=CC(=O)N(CC)CCO.C=CC(=O)N(CO)CO. The zero-order chi connectivity index (χ0) is 15.3. The summed E-state index contributed by atoms with van der Waals surface area (Å²) in [5.74, 6) is -0.614. The Balaban J connectivity index is 0. The predicted octanol–water partition coefficient (Wildman–Crippen LogP) is -1.09. The Kier molecular flexibility index (Phi) is 13.2. The van der Waals surface area contributed by atoms with Crippen molar-refractivity contribution in [2.24, 2.45) is 0 Å². The fourth-order valence-corrected chi connectivity index (χ4v) is 0.987. The second-order valence-corrected chi connectivity index (χ2v) is 3.21. The van der Waals surface area contributed by atoms with Gasteiger partial charge in [-0.3, -0.25) is 14.5 Å². The third-order valence-corrected chi connectivity index (χ3v) is 2.07. The monoisotopic (exact) mass is 274 g/mol. The average Bonchev–Trinajstić information content (AvgIpc) is 2.45. The van der Waals surface area contributed by atoms with Gasteiger partial charge in [0.05, 0.1) is 6.61 Å². The van der Waals surface area contributed by atoms with Crippen molar-refractivity contribution >= 4 is 11.8 Å². The predicted molar refractivity (Wildman–Crippen MR) is 70.8 cm³/mol. The second kappa shape index (κ2) is 12.7. The topological polar surface area (TPSA) is 101 Å². The van der Waals surface area contributed by atoms with Gasteiger partial charge in [-0.2, -0.15) is 0 Å². The van der Waals surface area contributed by atoms with E-state index in [1.54, 1.807) is 0 Å². The van der Waals surface area contributed by atoms with Gasteiger partial charge in [-0.15, -0.1) is 0 Å². The van der Waals surface area contributed by atoms with Crippen molar-refractivity contribution in [1.82, 2.24) is 9.80 Å². The molecule has 0 unspecified atom stereocenters. The molecule has 0 radical (unpaired) electrons. The lowest BCUT2D eigenvalue weighted by Crippen LogP contribution is -2.31. The Labute approximate surface area is 113 Å². The van der Waals surface area contributed by atoms with Gasteiger partial charge in [-0.1, -0.05) is 13.2 Å². The lowest BCUT2D eigenvalue weighted by molar-refractivity contribution is -0.134. The van der Waals surface area contributed by atoms with E-state index < -0.39 is 19.4 Å². The molecule has 2 amide bonds. The van der Waals surface area contributed by atoms with E-state index in [4.69, 9.17) is 15.3 Å². The van der Waals surface area contributed by atoms with Gasteiger partial charge in [0, 0.05) is 13.1 Å². The molecule has 0 aromatic heterocycles. The molecule has 0 aromatic carbocycles. The van der Waals surface area contributed by atoms with Crippen molar-refractivity contribution in [3.8, 4) is 0 Å². The van der Waals surface area contributed by atoms with E-state index in [0.717, 1.165) is 11.0 Å². The van der Waals surface area contributed by atoms with Crippen LogP contribution < -0.4 is 0 Å². The summed E-state index contributed by atoms with van der Waals surface area (Å²) in [5, 5.41) is 25.1. The van der Waals surface area contributed by atoms with Crippen molar-refractivity contribution in [3.05, 3.63) is 25.3 Å². The first-order valence-electron chi connectivity index (χ1n) is 5.67. The molecule has 0 aliphatic rings. The highest BCUT2D eigenvalue weighted by Gasteiger charge is 2.05. The standard InChI is InChI=1S/C7H13NO2.C5H9NO3/c1-3-7(10)8(4-2)5-6-9;1-2-5(9)6(3-7)4-8/h3,9H,1,4-6H2,2H3;2,7-8H,1,3-4H2. The molecule has 7 heteroatoms. The van der Waals surface area contributed by atoms with E-state index in [-0.39, 0.29) is 12.5 Å². The molecule has 0 heterocycles. The van der Waals surface area contributed by atoms with Crippen LogP contribution in [0.2, 0.25) is 0 Å². The number of carbonyl (C=O) groups excluding carboxylic acids is 2. The minimum absolute atomic E-state index is 0.00736. The fraction of sp³-hybridized carbons (Fsp3) is 0.500. The highest BCUT2D eigenvalue weighted by atomic mass is 16.3. The number of amides is 2. The van der Waals surface area contributed by atoms with E-state index >= 15 is 0 Å². The van der Waals surface area contributed by atoms with Crippen molar-refractivity contribution < 1.29 is 24.9 Å². The molecule has 3 N–H and O–H groups in total. The van der Waals surface area contributed by atoms with Gasteiger partial charge in [0.25, 0.3) is 0 Å². The Morgan fingerprint density at radius 3 is 1.63 bits per heavy atom. The lowest BCUT2D eigenvalue weighted by Gasteiger charge is -2.16. The molecular weight excluding hydrogens is 252 g/mol. The molecule has 0 aromatic rings. The van der Waals surface area contributed by atoms with Crippen LogP contribution in [0.1, 0.15) is 6.92 Å². The van der Waals surface area contributed by atoms with Crippen LogP contribution in [-0.4, -0.2) is 70.1 Å². The minimum atomic E-state index is -0.486. The highest BCUT2D eigenvalue weighted by Crippen LogP contribution is 1.88. The molecule has 19 heavy (non-hydrogen) atoms. The third kappa shape index (κ3) is 8.95. The van der Waals surface area contributed by atoms with E-state index in [9.17, 15) is 9.59 Å². The zero-order valence-corrected chi connectivity index (χ0v) is 11.2. The van der Waals surface area contributed by atoms with Crippen LogP contribution in [0.15, 0.2) is 25.3 Å². The summed E-state index contributed by atoms with van der Waals surface area (Å²) in [6, 6.07) is 0. The van der Waals surface area contributed by atoms with Crippen molar-refractivity contribution in [3.63, 3.8) is 0 Å². The first-order valence-corrected chi connectivity index (χ1v) is 5.67. The highest BCUT2D eigenvalue weighted by molar-refractivity contribution is 5.87. The third-order valence-electron chi connectivity index (χ3n) is 2.07. The van der Waals surface area contributed by atoms with Gasteiger partial charge in [-0.25, -0.2) is 0 Å². The Hall–Kier alpha value is -1.70. The second-order valence-electron chi connectivity index (χ2n) is 3.21. The number of nitrogens with zero attached hydrogens (tertiary/aromatic N) is 2. The number of hydrogen-bond donors (Lipinski definition) is 3. The van der Waals surface area contributed by atoms with Crippen LogP contribution in [0.3, 0.4) is 0 Å². The largest absolute Gasteiger partial charge is 0.395 e. The molecule has 7 nitrogen and oxygen atoms in total. The van der Waals surface area contributed by atoms with Gasteiger partial charge in [0.1, 0.15) is 13.5 Å². The molecule has 0 fully saturated rings. The summed E-state index contributed by atoms with van der Waals surface area (Å²) in [6.45, 7) is 8.41. The summed E-state index contributed by atoms with van der Waals surface area (Å²) in [4.78, 5) is 23.6. The number of aliphatic hydroxyl groups excluding tert-OH is 3. The lowest BCUT2D eigenvalue weighted by atomic mass is 10.4. The summed E-state index contributed by atoms with van der Waals surface area (Å²) in [6.07, 6.45) is 2.27. The van der Waals surface area contributed by atoms with Crippen molar-refractivity contribution in [2.75, 3.05) is 33.2 Å². The summed E-state index contributed by atoms with van der Waals surface area (Å²) >= 11 is 0. The molecule has 0 saturated carbocycles. The molecule has 0 saturated heterocycles. The van der Waals surface area contributed by atoms with Crippen molar-refractivity contribution in [1.29, 1.82) is 0 Å². The number of aliphatic hydroxyl groups is 3. The molecule has 0 spiro atoms. The maximum atomic E-state index is 10.8. The van der Waals surface area contributed by atoms with Gasteiger partial charge in [0.2, 0.25) is 11.8 Å². The molecule has 0 aliphatic carbocycles. The van der Waals surface area contributed by atoms with Gasteiger partial charge >= 0.3 is 0 Å². The summed E-state index contributed by atoms with van der Waals surface area (Å²) < 4.78 is 0. The summed E-state index contributed by atoms with van der Waals surface area (Å²) in [5.41, 5.74) is 0. The first kappa shape index (κ1) is 19.6. The van der Waals surface area contributed by atoms with E-state index in [2.05, 4.69) is 13.2 Å². The minimum Gasteiger partial charge on any atom is -0.395 e. The quantitative estimate of drug-likeness (QED) is 0.405. The Morgan fingerprint density at radius 2 is 1.42 bits per heavy atom. The van der Waals surface area contributed by atoms with Crippen LogP contribution in [0.4, 0.5) is 0 Å². The molecular formula is C12H22N2O5. The molecule has 0 bridgehead atoms. The number of likely N-dealkylation sites (N-methyl/N-ethyl adjacent to an activating group) is 1. The van der Waals surface area contributed by atoms with Crippen LogP contribution in [-0.2, 0) is 9.59 Å². The maximum Gasteiger partial charge on any atom is 0.249 e. The molecule has 0 aliphatic heterocycles. The van der Waals surface area contributed by atoms with E-state index in [0.29, 0.717) is 13.1 Å². The van der Waals surface area contributed by atoms with Crippen LogP contribution in [0.25, 0.3) is 0 Å². The Bertz CT molecular complexity index is 290. The van der Waals surface area contributed by atoms with Gasteiger partial charge in [-0.05, 0) is 19.1 Å². The van der Waals surface area contributed by atoms with Gasteiger partial charge < -0.3 is 20.2 Å². The first-order chi connectivity index (χ1) is 9.01. The molecule has 110 valence electrons.